The third-order valence-electron chi connectivity index (χ3n) is 7.08. The van der Waals surface area contributed by atoms with E-state index in [0.29, 0.717) is 34.9 Å². The van der Waals surface area contributed by atoms with Gasteiger partial charge in [0.25, 0.3) is 0 Å². The summed E-state index contributed by atoms with van der Waals surface area (Å²) in [7, 11) is 0. The van der Waals surface area contributed by atoms with E-state index in [-0.39, 0.29) is 5.78 Å². The summed E-state index contributed by atoms with van der Waals surface area (Å²) in [4.78, 5) is 20.3. The fraction of sp³-hybridized carbons (Fsp3) is 0.545. The zero-order valence-corrected chi connectivity index (χ0v) is 17.6. The fourth-order valence-electron chi connectivity index (χ4n) is 5.07. The van der Waals surface area contributed by atoms with Crippen molar-refractivity contribution >= 4 is 23.3 Å². The zero-order chi connectivity index (χ0) is 20.3. The number of hydrogen-bond donors (Lipinski definition) is 2. The van der Waals surface area contributed by atoms with Gasteiger partial charge in [0.2, 0.25) is 5.95 Å². The van der Waals surface area contributed by atoms with E-state index in [1.54, 1.807) is 12.3 Å². The number of carbonyl (C=O) groups is 1. The van der Waals surface area contributed by atoms with Crippen LogP contribution in [-0.4, -0.2) is 37.6 Å². The van der Waals surface area contributed by atoms with Crippen LogP contribution in [0.2, 0.25) is 5.02 Å². The molecule has 2 fully saturated rings. The lowest BCUT2D eigenvalue weighted by atomic mass is 9.90. The summed E-state index contributed by atoms with van der Waals surface area (Å²) in [5, 5.41) is 12.2. The van der Waals surface area contributed by atoms with Crippen LogP contribution in [0.5, 0.6) is 0 Å². The Hall–Kier alpha value is -2.41. The highest BCUT2D eigenvalue weighted by molar-refractivity contribution is 6.33. The first-order chi connectivity index (χ1) is 14.6. The number of ketones is 1. The van der Waals surface area contributed by atoms with Crippen LogP contribution >= 0.6 is 11.6 Å². The van der Waals surface area contributed by atoms with Crippen molar-refractivity contribution in [1.29, 1.82) is 0 Å². The highest BCUT2D eigenvalue weighted by Gasteiger charge is 2.48. The fourth-order valence-corrected chi connectivity index (χ4v) is 5.26. The molecule has 2 N–H and O–H groups in total. The van der Waals surface area contributed by atoms with E-state index in [4.69, 9.17) is 16.6 Å². The van der Waals surface area contributed by atoms with Crippen LogP contribution in [0, 0.1) is 5.41 Å². The Balaban J connectivity index is 1.13. The number of nitrogens with one attached hydrogen (secondary N) is 2. The van der Waals surface area contributed by atoms with E-state index in [9.17, 15) is 4.79 Å². The number of aromatic nitrogens is 4. The van der Waals surface area contributed by atoms with Gasteiger partial charge >= 0.3 is 0 Å². The molecule has 156 valence electrons. The first kappa shape index (κ1) is 18.4. The molecule has 0 amide bonds. The van der Waals surface area contributed by atoms with Crippen LogP contribution in [0.3, 0.4) is 0 Å². The van der Waals surface area contributed by atoms with Crippen molar-refractivity contribution in [3.63, 3.8) is 0 Å². The van der Waals surface area contributed by atoms with E-state index < -0.39 is 0 Å². The Morgan fingerprint density at radius 3 is 2.53 bits per heavy atom. The number of rotatable bonds is 5. The van der Waals surface area contributed by atoms with Crippen LogP contribution < -0.4 is 10.6 Å². The molecule has 3 aliphatic carbocycles. The number of carbonyl (C=O) groups excluding carboxylic acids is 1. The molecule has 0 saturated heterocycles. The van der Waals surface area contributed by atoms with Gasteiger partial charge in [0.1, 0.15) is 0 Å². The highest BCUT2D eigenvalue weighted by Crippen LogP contribution is 2.54. The maximum absolute atomic E-state index is 11.1. The van der Waals surface area contributed by atoms with Gasteiger partial charge in [-0.2, -0.15) is 5.10 Å². The van der Waals surface area contributed by atoms with Gasteiger partial charge in [0.05, 0.1) is 29.5 Å². The lowest BCUT2D eigenvalue weighted by molar-refractivity contribution is -0.115. The van der Waals surface area contributed by atoms with Gasteiger partial charge in [0.15, 0.2) is 5.78 Å². The maximum atomic E-state index is 11.1. The summed E-state index contributed by atoms with van der Waals surface area (Å²) < 4.78 is 2.13. The van der Waals surface area contributed by atoms with Crippen LogP contribution in [0.15, 0.2) is 24.2 Å². The van der Waals surface area contributed by atoms with Crippen molar-refractivity contribution in [2.24, 2.45) is 5.41 Å². The smallest absolute Gasteiger partial charge is 0.223 e. The summed E-state index contributed by atoms with van der Waals surface area (Å²) in [6.07, 6.45) is 13.8. The van der Waals surface area contributed by atoms with Gasteiger partial charge in [-0.1, -0.05) is 11.6 Å². The molecule has 6 rings (SSSR count). The van der Waals surface area contributed by atoms with Gasteiger partial charge in [-0.15, -0.1) is 0 Å². The Kier molecular flexibility index (Phi) is 4.17. The van der Waals surface area contributed by atoms with Crippen LogP contribution in [-0.2, 0) is 17.8 Å². The van der Waals surface area contributed by atoms with Crippen LogP contribution in [0.4, 0.5) is 5.95 Å². The Labute approximate surface area is 180 Å². The Morgan fingerprint density at radius 2 is 1.83 bits per heavy atom. The molecule has 0 unspecified atom stereocenters. The third kappa shape index (κ3) is 3.29. The van der Waals surface area contributed by atoms with Crippen molar-refractivity contribution in [2.45, 2.75) is 70.0 Å². The summed E-state index contributed by atoms with van der Waals surface area (Å²) in [5.41, 5.74) is 4.63. The van der Waals surface area contributed by atoms with Crippen LogP contribution in [0.1, 0.15) is 50.6 Å². The molecule has 2 saturated carbocycles. The number of nitrogens with zero attached hydrogens (tertiary/aromatic N) is 4. The number of fused-ring (bicyclic) bond motifs is 1. The van der Waals surface area contributed by atoms with Crippen molar-refractivity contribution in [2.75, 3.05) is 5.32 Å². The zero-order valence-electron chi connectivity index (χ0n) is 16.8. The molecule has 2 aromatic heterocycles. The molecule has 2 aromatic rings. The maximum Gasteiger partial charge on any atom is 0.223 e. The molecule has 0 atom stereocenters. The minimum atomic E-state index is 0.222. The van der Waals surface area contributed by atoms with Crippen molar-refractivity contribution in [3.05, 3.63) is 34.9 Å². The molecule has 7 nitrogen and oxygen atoms in total. The first-order valence-corrected chi connectivity index (χ1v) is 11.3. The number of allylic oxidation sites excluding steroid dienone is 2. The Morgan fingerprint density at radius 1 is 1.10 bits per heavy atom. The monoisotopic (exact) mass is 424 g/mol. The molecular weight excluding hydrogens is 400 g/mol. The lowest BCUT2D eigenvalue weighted by Gasteiger charge is -2.32. The van der Waals surface area contributed by atoms with E-state index in [0.717, 1.165) is 55.6 Å². The second-order valence-corrected chi connectivity index (χ2v) is 9.79. The van der Waals surface area contributed by atoms with Gasteiger partial charge < -0.3 is 10.6 Å². The summed E-state index contributed by atoms with van der Waals surface area (Å²) in [6.45, 7) is 1.03. The average molecular weight is 425 g/mol. The summed E-state index contributed by atoms with van der Waals surface area (Å²) >= 11 is 6.49. The van der Waals surface area contributed by atoms with Crippen molar-refractivity contribution in [3.8, 4) is 11.3 Å². The summed E-state index contributed by atoms with van der Waals surface area (Å²) in [6, 6.07) is 0.801. The van der Waals surface area contributed by atoms with Gasteiger partial charge in [-0.05, 0) is 50.4 Å². The number of hydrogen-bond acceptors (Lipinski definition) is 6. The van der Waals surface area contributed by atoms with E-state index in [1.807, 2.05) is 6.20 Å². The van der Waals surface area contributed by atoms with Gasteiger partial charge in [-0.3, -0.25) is 9.48 Å². The highest BCUT2D eigenvalue weighted by atomic mass is 35.5. The molecule has 0 radical (unpaired) electrons. The second kappa shape index (κ2) is 6.80. The predicted molar refractivity (Wildman–Crippen MR) is 114 cm³/mol. The lowest BCUT2D eigenvalue weighted by Crippen LogP contribution is -2.38. The largest absolute Gasteiger partial charge is 0.385 e. The average Bonchev–Trinajstić information content (AvgIpc) is 3.21. The molecule has 8 heteroatoms. The molecule has 1 aliphatic heterocycles. The van der Waals surface area contributed by atoms with Crippen molar-refractivity contribution < 1.29 is 4.79 Å². The molecule has 4 aliphatic rings. The molecule has 1 spiro atoms. The SMILES string of the molecule is O=C1C=C(N[C@H]2CC[C@H](Nc3ncc(Cl)c(-c4cnn5c4CC4(CC4)C5)n3)CC2)C1. The first-order valence-electron chi connectivity index (χ1n) is 10.9. The van der Waals surface area contributed by atoms with E-state index >= 15 is 0 Å². The van der Waals surface area contributed by atoms with Crippen LogP contribution in [0.25, 0.3) is 11.3 Å². The molecule has 30 heavy (non-hydrogen) atoms. The van der Waals surface area contributed by atoms with E-state index in [1.165, 1.54) is 18.5 Å². The predicted octanol–water partition coefficient (Wildman–Crippen LogP) is 3.50. The van der Waals surface area contributed by atoms with Gasteiger partial charge in [-0.25, -0.2) is 9.97 Å². The molecule has 0 aromatic carbocycles. The topological polar surface area (TPSA) is 84.7 Å². The normalized spacial score (nSPS) is 26.2. The Bertz CT molecular complexity index is 1050. The standard InChI is InChI=1S/C22H25ClN6O/c23-18-11-24-21(27-14-3-1-13(2-4-14)26-15-7-16(30)8-15)28-20(18)17-10-25-29-12-22(5-6-22)9-19(17)29/h7,10-11,13-14,26H,1-6,8-9,12H2,(H,24,27,28)/t13-,14-. The minimum Gasteiger partial charge on any atom is -0.385 e. The molecule has 0 bridgehead atoms. The molecular formula is C22H25ClN6O. The van der Waals surface area contributed by atoms with E-state index in [2.05, 4.69) is 25.4 Å². The molecule has 3 heterocycles. The number of halogens is 1. The third-order valence-corrected chi connectivity index (χ3v) is 7.36. The van der Waals surface area contributed by atoms with Gasteiger partial charge in [0, 0.05) is 41.7 Å². The second-order valence-electron chi connectivity index (χ2n) is 9.38. The van der Waals surface area contributed by atoms with Crippen molar-refractivity contribution in [1.82, 2.24) is 25.1 Å². The quantitative estimate of drug-likeness (QED) is 0.764. The summed E-state index contributed by atoms with van der Waals surface area (Å²) in [5.74, 6) is 0.858. The number of anilines is 1. The minimum absolute atomic E-state index is 0.222.